The molecule has 0 saturated carbocycles. The molecule has 0 amide bonds. The van der Waals surface area contributed by atoms with E-state index >= 15 is 0 Å². The molecule has 0 bridgehead atoms. The minimum atomic E-state index is -0.539. The maximum absolute atomic E-state index is 10.3. The van der Waals surface area contributed by atoms with Crippen molar-refractivity contribution >= 4 is 23.1 Å². The molecule has 2 heterocycles. The normalized spacial score (nSPS) is 33.9. The minimum absolute atomic E-state index is 0.539. The number of thiophene rings is 1. The largest absolute Gasteiger partial charge is 0.383 e. The molecule has 2 rings (SSSR count). The molecule has 1 nitrogen and oxygen atoms in total. The van der Waals surface area contributed by atoms with Crippen LogP contribution in [0.1, 0.15) is 23.1 Å². The zero-order valence-corrected chi connectivity index (χ0v) is 9.54. The van der Waals surface area contributed by atoms with Crippen molar-refractivity contribution in [2.75, 3.05) is 5.75 Å². The van der Waals surface area contributed by atoms with Crippen LogP contribution in [0.3, 0.4) is 0 Å². The Balaban J connectivity index is 2.25. The van der Waals surface area contributed by atoms with Gasteiger partial charge in [-0.05, 0) is 25.5 Å². The Morgan fingerprint density at radius 1 is 1.54 bits per heavy atom. The van der Waals surface area contributed by atoms with E-state index in [1.54, 1.807) is 11.3 Å². The van der Waals surface area contributed by atoms with Gasteiger partial charge in [-0.25, -0.2) is 0 Å². The van der Waals surface area contributed by atoms with E-state index in [2.05, 4.69) is 26.0 Å². The third-order valence-corrected chi connectivity index (χ3v) is 5.00. The third-order valence-electron chi connectivity index (χ3n) is 2.43. The summed E-state index contributed by atoms with van der Waals surface area (Å²) in [6.45, 7) is 4.27. The molecule has 1 aromatic heterocycles. The lowest BCUT2D eigenvalue weighted by molar-refractivity contribution is 0.0651. The summed E-state index contributed by atoms with van der Waals surface area (Å²) in [4.78, 5) is 2.43. The summed E-state index contributed by atoms with van der Waals surface area (Å²) >= 11 is 3.59. The highest BCUT2D eigenvalue weighted by molar-refractivity contribution is 8.00. The standard InChI is InChI=1S/C10H14OS2/c1-7-3-4-9(13-7)10(11)5-8(2)12-6-10/h3-4,8,11H,5-6H2,1-2H3. The summed E-state index contributed by atoms with van der Waals surface area (Å²) in [5.41, 5.74) is -0.539. The van der Waals surface area contributed by atoms with Crippen LogP contribution in [0.2, 0.25) is 0 Å². The van der Waals surface area contributed by atoms with Crippen molar-refractivity contribution in [3.05, 3.63) is 21.9 Å². The number of thioether (sulfide) groups is 1. The summed E-state index contributed by atoms with van der Waals surface area (Å²) < 4.78 is 0. The smallest absolute Gasteiger partial charge is 0.109 e. The molecule has 1 N–H and O–H groups in total. The molecular weight excluding hydrogens is 200 g/mol. The van der Waals surface area contributed by atoms with Crippen molar-refractivity contribution in [1.82, 2.24) is 0 Å². The molecular formula is C10H14OS2. The van der Waals surface area contributed by atoms with Crippen molar-refractivity contribution in [3.8, 4) is 0 Å². The van der Waals surface area contributed by atoms with Crippen LogP contribution in [0.25, 0.3) is 0 Å². The van der Waals surface area contributed by atoms with Crippen molar-refractivity contribution < 1.29 is 5.11 Å². The van der Waals surface area contributed by atoms with Crippen LogP contribution in [0, 0.1) is 6.92 Å². The van der Waals surface area contributed by atoms with Crippen LogP contribution >= 0.6 is 23.1 Å². The molecule has 1 aliphatic heterocycles. The van der Waals surface area contributed by atoms with Crippen LogP contribution in [0.4, 0.5) is 0 Å². The summed E-state index contributed by atoms with van der Waals surface area (Å²) in [5, 5.41) is 10.9. The second-order valence-corrected chi connectivity index (χ2v) is 6.48. The summed E-state index contributed by atoms with van der Waals surface area (Å²) in [6, 6.07) is 4.16. The van der Waals surface area contributed by atoms with Gasteiger partial charge in [0.2, 0.25) is 0 Å². The molecule has 1 aromatic rings. The first kappa shape index (κ1) is 9.56. The molecule has 13 heavy (non-hydrogen) atoms. The Bertz CT molecular complexity index is 308. The van der Waals surface area contributed by atoms with Gasteiger partial charge in [0, 0.05) is 20.8 Å². The van der Waals surface area contributed by atoms with Gasteiger partial charge in [-0.2, -0.15) is 11.8 Å². The molecule has 1 saturated heterocycles. The highest BCUT2D eigenvalue weighted by Gasteiger charge is 2.38. The van der Waals surface area contributed by atoms with Crippen LogP contribution in [0.15, 0.2) is 12.1 Å². The van der Waals surface area contributed by atoms with Gasteiger partial charge in [0.05, 0.1) is 0 Å². The lowest BCUT2D eigenvalue weighted by Gasteiger charge is -2.19. The van der Waals surface area contributed by atoms with Crippen molar-refractivity contribution in [2.24, 2.45) is 0 Å². The second kappa shape index (κ2) is 3.30. The molecule has 72 valence electrons. The van der Waals surface area contributed by atoms with E-state index < -0.39 is 5.60 Å². The predicted octanol–water partition coefficient (Wildman–Crippen LogP) is 2.77. The summed E-state index contributed by atoms with van der Waals surface area (Å²) in [7, 11) is 0. The van der Waals surface area contributed by atoms with Gasteiger partial charge in [-0.15, -0.1) is 11.3 Å². The molecule has 1 fully saturated rings. The van der Waals surface area contributed by atoms with Gasteiger partial charge < -0.3 is 5.11 Å². The van der Waals surface area contributed by atoms with Gasteiger partial charge in [0.25, 0.3) is 0 Å². The average molecular weight is 214 g/mol. The van der Waals surface area contributed by atoms with Crippen LogP contribution in [0.5, 0.6) is 0 Å². The van der Waals surface area contributed by atoms with Gasteiger partial charge in [-0.1, -0.05) is 6.92 Å². The van der Waals surface area contributed by atoms with E-state index in [0.29, 0.717) is 5.25 Å². The van der Waals surface area contributed by atoms with E-state index in [9.17, 15) is 5.11 Å². The molecule has 0 aliphatic carbocycles. The number of rotatable bonds is 1. The van der Waals surface area contributed by atoms with E-state index in [0.717, 1.165) is 17.1 Å². The Kier molecular flexibility index (Phi) is 2.43. The number of hydrogen-bond acceptors (Lipinski definition) is 3. The van der Waals surface area contributed by atoms with E-state index in [-0.39, 0.29) is 0 Å². The predicted molar refractivity (Wildman–Crippen MR) is 59.5 cm³/mol. The maximum Gasteiger partial charge on any atom is 0.109 e. The Morgan fingerprint density at radius 3 is 2.77 bits per heavy atom. The van der Waals surface area contributed by atoms with E-state index in [1.807, 2.05) is 11.8 Å². The second-order valence-electron chi connectivity index (χ2n) is 3.77. The number of aryl methyl sites for hydroxylation is 1. The fraction of sp³-hybridized carbons (Fsp3) is 0.600. The first-order valence-electron chi connectivity index (χ1n) is 4.51. The number of aliphatic hydroxyl groups is 1. The minimum Gasteiger partial charge on any atom is -0.383 e. The molecule has 3 heteroatoms. The monoisotopic (exact) mass is 214 g/mol. The van der Waals surface area contributed by atoms with Gasteiger partial charge >= 0.3 is 0 Å². The van der Waals surface area contributed by atoms with E-state index in [4.69, 9.17) is 0 Å². The third kappa shape index (κ3) is 1.78. The maximum atomic E-state index is 10.3. The van der Waals surface area contributed by atoms with Gasteiger partial charge in [0.15, 0.2) is 0 Å². The highest BCUT2D eigenvalue weighted by atomic mass is 32.2. The number of hydrogen-bond donors (Lipinski definition) is 1. The van der Waals surface area contributed by atoms with Crippen LogP contribution in [-0.2, 0) is 5.60 Å². The Labute approximate surface area is 87.2 Å². The molecule has 2 atom stereocenters. The lowest BCUT2D eigenvalue weighted by Crippen LogP contribution is -2.23. The molecule has 0 spiro atoms. The Hall–Kier alpha value is 0.01000. The topological polar surface area (TPSA) is 20.2 Å². The molecule has 1 aliphatic rings. The molecule has 2 unspecified atom stereocenters. The zero-order chi connectivity index (χ0) is 9.47. The first-order valence-corrected chi connectivity index (χ1v) is 6.37. The van der Waals surface area contributed by atoms with E-state index in [1.165, 1.54) is 4.88 Å². The van der Waals surface area contributed by atoms with Crippen LogP contribution < -0.4 is 0 Å². The molecule has 0 aromatic carbocycles. The fourth-order valence-corrected chi connectivity index (χ4v) is 4.01. The van der Waals surface area contributed by atoms with Crippen LogP contribution in [-0.4, -0.2) is 16.1 Å². The summed E-state index contributed by atoms with van der Waals surface area (Å²) in [6.07, 6.45) is 0.900. The average Bonchev–Trinajstić information content (AvgIpc) is 2.60. The van der Waals surface area contributed by atoms with Crippen molar-refractivity contribution in [3.63, 3.8) is 0 Å². The summed E-state index contributed by atoms with van der Waals surface area (Å²) in [5.74, 6) is 0.855. The lowest BCUT2D eigenvalue weighted by atomic mass is 9.99. The SMILES string of the molecule is Cc1ccc(C2(O)CSC(C)C2)s1. The first-order chi connectivity index (χ1) is 6.10. The quantitative estimate of drug-likeness (QED) is 0.775. The highest BCUT2D eigenvalue weighted by Crippen LogP contribution is 2.43. The van der Waals surface area contributed by atoms with Gasteiger partial charge in [-0.3, -0.25) is 0 Å². The zero-order valence-electron chi connectivity index (χ0n) is 7.91. The van der Waals surface area contributed by atoms with Crippen molar-refractivity contribution in [2.45, 2.75) is 31.1 Å². The fourth-order valence-electron chi connectivity index (χ4n) is 1.73. The Morgan fingerprint density at radius 2 is 2.31 bits per heavy atom. The van der Waals surface area contributed by atoms with Gasteiger partial charge in [0.1, 0.15) is 5.60 Å². The van der Waals surface area contributed by atoms with Crippen molar-refractivity contribution in [1.29, 1.82) is 0 Å². The molecule has 0 radical (unpaired) electrons.